The molecule has 2 aromatic rings. The van der Waals surface area contributed by atoms with Gasteiger partial charge in [0.25, 0.3) is 0 Å². The van der Waals surface area contributed by atoms with Crippen molar-refractivity contribution in [2.24, 2.45) is 5.73 Å². The number of nitrogens with one attached hydrogen (secondary N) is 1. The van der Waals surface area contributed by atoms with Crippen molar-refractivity contribution >= 4 is 5.91 Å². The molecule has 0 aliphatic carbocycles. The van der Waals surface area contributed by atoms with Crippen LogP contribution in [0.5, 0.6) is 5.75 Å². The number of ether oxygens (including phenoxy) is 1. The number of fused-ring (bicyclic) bond motifs is 1. The van der Waals surface area contributed by atoms with Crippen molar-refractivity contribution in [1.29, 1.82) is 0 Å². The van der Waals surface area contributed by atoms with E-state index in [0.717, 1.165) is 36.9 Å². The van der Waals surface area contributed by atoms with Crippen molar-refractivity contribution in [2.45, 2.75) is 25.3 Å². The maximum absolute atomic E-state index is 13.4. The summed E-state index contributed by atoms with van der Waals surface area (Å²) in [5.41, 5.74) is 7.89. The van der Waals surface area contributed by atoms with Gasteiger partial charge in [-0.15, -0.1) is 0 Å². The molecule has 0 aromatic heterocycles. The zero-order valence-corrected chi connectivity index (χ0v) is 13.4. The molecule has 126 valence electrons. The van der Waals surface area contributed by atoms with Crippen LogP contribution in [0.15, 0.2) is 42.5 Å². The molecule has 0 fully saturated rings. The predicted molar refractivity (Wildman–Crippen MR) is 90.5 cm³/mol. The Hall–Kier alpha value is -2.40. The Kier molecular flexibility index (Phi) is 5.11. The van der Waals surface area contributed by atoms with Gasteiger partial charge in [-0.1, -0.05) is 18.2 Å². The Balaban J connectivity index is 1.65. The molecular formula is C19H21FN2O2. The van der Waals surface area contributed by atoms with Gasteiger partial charge in [-0.3, -0.25) is 4.79 Å². The number of amides is 1. The zero-order chi connectivity index (χ0) is 16.9. The number of carbonyl (C=O) groups is 1. The highest BCUT2D eigenvalue weighted by atomic mass is 19.1. The van der Waals surface area contributed by atoms with E-state index in [2.05, 4.69) is 5.32 Å². The number of hydrogen-bond donors (Lipinski definition) is 2. The predicted octanol–water partition coefficient (Wildman–Crippen LogP) is 2.97. The average Bonchev–Trinajstić information content (AvgIpc) is 2.77. The average molecular weight is 328 g/mol. The molecule has 3 N–H and O–H groups in total. The smallest absolute Gasteiger partial charge is 0.248 e. The highest BCUT2D eigenvalue weighted by Crippen LogP contribution is 2.31. The monoisotopic (exact) mass is 328 g/mol. The summed E-state index contributed by atoms with van der Waals surface area (Å²) in [6.45, 7) is 1.36. The summed E-state index contributed by atoms with van der Waals surface area (Å²) in [5, 5.41) is 3.52. The molecule has 5 heteroatoms. The maximum atomic E-state index is 13.4. The van der Waals surface area contributed by atoms with E-state index < -0.39 is 5.91 Å². The minimum absolute atomic E-state index is 0.141. The Morgan fingerprint density at radius 2 is 2.17 bits per heavy atom. The molecule has 0 radical (unpaired) electrons. The van der Waals surface area contributed by atoms with Gasteiger partial charge >= 0.3 is 0 Å². The number of rotatable bonds is 5. The van der Waals surface area contributed by atoms with Crippen molar-refractivity contribution in [2.75, 3.05) is 13.2 Å². The minimum atomic E-state index is -0.415. The highest BCUT2D eigenvalue weighted by molar-refractivity contribution is 5.92. The Bertz CT molecular complexity index is 733. The van der Waals surface area contributed by atoms with E-state index >= 15 is 0 Å². The van der Waals surface area contributed by atoms with Gasteiger partial charge in [0.05, 0.1) is 6.61 Å². The van der Waals surface area contributed by atoms with Crippen LogP contribution in [-0.4, -0.2) is 19.1 Å². The van der Waals surface area contributed by atoms with Crippen LogP contribution < -0.4 is 15.8 Å². The summed E-state index contributed by atoms with van der Waals surface area (Å²) < 4.78 is 19.0. The number of primary amides is 1. The Morgan fingerprint density at radius 1 is 1.29 bits per heavy atom. The van der Waals surface area contributed by atoms with Crippen LogP contribution in [-0.2, 0) is 6.42 Å². The van der Waals surface area contributed by atoms with Crippen LogP contribution >= 0.6 is 0 Å². The van der Waals surface area contributed by atoms with Crippen molar-refractivity contribution in [3.8, 4) is 5.75 Å². The number of hydrogen-bond acceptors (Lipinski definition) is 3. The second-order valence-corrected chi connectivity index (χ2v) is 5.99. The lowest BCUT2D eigenvalue weighted by Crippen LogP contribution is -2.23. The third kappa shape index (κ3) is 3.92. The van der Waals surface area contributed by atoms with Crippen molar-refractivity contribution in [3.63, 3.8) is 0 Å². The molecule has 4 nitrogen and oxygen atoms in total. The largest absolute Gasteiger partial charge is 0.493 e. The van der Waals surface area contributed by atoms with Crippen molar-refractivity contribution in [1.82, 2.24) is 5.32 Å². The van der Waals surface area contributed by atoms with E-state index in [0.29, 0.717) is 17.9 Å². The molecule has 2 aromatic carbocycles. The molecule has 1 unspecified atom stereocenters. The van der Waals surface area contributed by atoms with E-state index in [1.54, 1.807) is 12.1 Å². The highest BCUT2D eigenvalue weighted by Gasteiger charge is 2.19. The zero-order valence-electron chi connectivity index (χ0n) is 13.4. The van der Waals surface area contributed by atoms with E-state index in [1.807, 2.05) is 18.2 Å². The third-order valence-corrected chi connectivity index (χ3v) is 4.26. The molecular weight excluding hydrogens is 307 g/mol. The van der Waals surface area contributed by atoms with Gasteiger partial charge in [0, 0.05) is 23.2 Å². The molecule has 1 amide bonds. The first-order valence-corrected chi connectivity index (χ1v) is 8.18. The standard InChI is InChI=1S/C19H21FN2O2/c20-15-6-7-16-17(5-2-10-24-18(16)12-15)22-9-8-13-3-1-4-14(11-13)19(21)23/h1,3-4,6-7,11-12,17,22H,2,5,8-10H2,(H2,21,23). The molecule has 1 aliphatic heterocycles. The number of benzene rings is 2. The van der Waals surface area contributed by atoms with Crippen LogP contribution in [0.3, 0.4) is 0 Å². The van der Waals surface area contributed by atoms with Gasteiger partial charge < -0.3 is 15.8 Å². The first-order valence-electron chi connectivity index (χ1n) is 8.18. The fraction of sp³-hybridized carbons (Fsp3) is 0.316. The summed E-state index contributed by atoms with van der Waals surface area (Å²) in [4.78, 5) is 11.2. The van der Waals surface area contributed by atoms with Crippen LogP contribution in [0.4, 0.5) is 4.39 Å². The van der Waals surface area contributed by atoms with Crippen LogP contribution in [0, 0.1) is 5.82 Å². The van der Waals surface area contributed by atoms with Gasteiger partial charge in [0.2, 0.25) is 5.91 Å². The summed E-state index contributed by atoms with van der Waals surface area (Å²) in [5.74, 6) is -0.0694. The van der Waals surface area contributed by atoms with Gasteiger partial charge in [-0.25, -0.2) is 4.39 Å². The molecule has 0 saturated carbocycles. The third-order valence-electron chi connectivity index (χ3n) is 4.26. The molecule has 3 rings (SSSR count). The van der Waals surface area contributed by atoms with Gasteiger partial charge in [-0.05, 0) is 49.6 Å². The molecule has 24 heavy (non-hydrogen) atoms. The van der Waals surface area contributed by atoms with Crippen LogP contribution in [0.1, 0.15) is 40.4 Å². The van der Waals surface area contributed by atoms with Gasteiger partial charge in [0.1, 0.15) is 11.6 Å². The van der Waals surface area contributed by atoms with Crippen molar-refractivity contribution < 1.29 is 13.9 Å². The molecule has 1 heterocycles. The van der Waals surface area contributed by atoms with Crippen LogP contribution in [0.2, 0.25) is 0 Å². The first kappa shape index (κ1) is 16.5. The van der Waals surface area contributed by atoms with E-state index in [-0.39, 0.29) is 11.9 Å². The van der Waals surface area contributed by atoms with E-state index in [4.69, 9.17) is 10.5 Å². The lowest BCUT2D eigenvalue weighted by atomic mass is 10.0. The Labute approximate surface area is 140 Å². The molecule has 1 atom stereocenters. The summed E-state index contributed by atoms with van der Waals surface area (Å²) in [6.07, 6.45) is 2.65. The van der Waals surface area contributed by atoms with E-state index in [9.17, 15) is 9.18 Å². The number of carbonyl (C=O) groups excluding carboxylic acids is 1. The molecule has 1 aliphatic rings. The Morgan fingerprint density at radius 3 is 3.00 bits per heavy atom. The fourth-order valence-electron chi connectivity index (χ4n) is 3.03. The fourth-order valence-corrected chi connectivity index (χ4v) is 3.03. The molecule has 0 spiro atoms. The minimum Gasteiger partial charge on any atom is -0.493 e. The topological polar surface area (TPSA) is 64.4 Å². The maximum Gasteiger partial charge on any atom is 0.248 e. The lowest BCUT2D eigenvalue weighted by molar-refractivity contribution is 0.1000. The SMILES string of the molecule is NC(=O)c1cccc(CCNC2CCCOc3cc(F)ccc32)c1. The second-order valence-electron chi connectivity index (χ2n) is 5.99. The van der Waals surface area contributed by atoms with Crippen molar-refractivity contribution in [3.05, 3.63) is 65.0 Å². The van der Waals surface area contributed by atoms with E-state index in [1.165, 1.54) is 12.1 Å². The number of nitrogens with two attached hydrogens (primary N) is 1. The van der Waals surface area contributed by atoms with Gasteiger partial charge in [0.15, 0.2) is 0 Å². The summed E-state index contributed by atoms with van der Waals surface area (Å²) in [7, 11) is 0. The molecule has 0 saturated heterocycles. The normalized spacial score (nSPS) is 16.8. The first-order chi connectivity index (χ1) is 11.6. The summed E-state index contributed by atoms with van der Waals surface area (Å²) in [6, 6.07) is 12.2. The van der Waals surface area contributed by atoms with Gasteiger partial charge in [-0.2, -0.15) is 0 Å². The van der Waals surface area contributed by atoms with Crippen LogP contribution in [0.25, 0.3) is 0 Å². The lowest BCUT2D eigenvalue weighted by Gasteiger charge is -2.18. The quantitative estimate of drug-likeness (QED) is 0.887. The molecule has 0 bridgehead atoms. The second kappa shape index (κ2) is 7.45. The summed E-state index contributed by atoms with van der Waals surface area (Å²) >= 11 is 0. The number of halogens is 1.